The molecule has 1 aliphatic rings. The van der Waals surface area contributed by atoms with Crippen molar-refractivity contribution in [3.63, 3.8) is 0 Å². The number of benzene rings is 2. The normalized spacial score (nSPS) is 14.2. The Labute approximate surface area is 171 Å². The summed E-state index contributed by atoms with van der Waals surface area (Å²) in [7, 11) is 0. The Hall–Kier alpha value is -2.64. The molecule has 0 aliphatic carbocycles. The van der Waals surface area contributed by atoms with Gasteiger partial charge in [0, 0.05) is 40.2 Å². The summed E-state index contributed by atoms with van der Waals surface area (Å²) in [5.41, 5.74) is 3.19. The number of nitrogens with zero attached hydrogens (tertiary/aromatic N) is 2. The van der Waals surface area contributed by atoms with E-state index in [-0.39, 0.29) is 12.5 Å². The maximum Gasteiger partial charge on any atom is 0.244 e. The minimum absolute atomic E-state index is 0.128. The Morgan fingerprint density at radius 1 is 1.18 bits per heavy atom. The summed E-state index contributed by atoms with van der Waals surface area (Å²) in [4.78, 5) is 26.4. The van der Waals surface area contributed by atoms with E-state index in [1.54, 1.807) is 10.8 Å². The third kappa shape index (κ3) is 3.81. The molecule has 0 bridgehead atoms. The van der Waals surface area contributed by atoms with Crippen LogP contribution in [0, 0.1) is 0 Å². The largest absolute Gasteiger partial charge is 0.378 e. The predicted octanol–water partition coefficient (Wildman–Crippen LogP) is 3.69. The summed E-state index contributed by atoms with van der Waals surface area (Å²) in [5.74, 6) is -0.141. The molecule has 0 spiro atoms. The van der Waals surface area contributed by atoms with E-state index in [0.717, 1.165) is 46.1 Å². The molecule has 0 atom stereocenters. The number of rotatable bonds is 5. The maximum absolute atomic E-state index is 12.8. The average Bonchev–Trinajstić information content (AvgIpc) is 3.05. The molecule has 2 aromatic carbocycles. The fourth-order valence-corrected chi connectivity index (χ4v) is 3.89. The summed E-state index contributed by atoms with van der Waals surface area (Å²) >= 11 is 3.43. The van der Waals surface area contributed by atoms with Gasteiger partial charge in [0.1, 0.15) is 6.54 Å². The molecule has 1 saturated heterocycles. The van der Waals surface area contributed by atoms with Gasteiger partial charge in [-0.2, -0.15) is 0 Å². The van der Waals surface area contributed by atoms with Crippen molar-refractivity contribution in [1.29, 1.82) is 0 Å². The van der Waals surface area contributed by atoms with Crippen LogP contribution in [0.25, 0.3) is 10.9 Å². The summed E-state index contributed by atoms with van der Waals surface area (Å²) in [6.45, 7) is 3.09. The fourth-order valence-electron chi connectivity index (χ4n) is 3.53. The second-order valence-electron chi connectivity index (χ2n) is 6.66. The molecule has 1 N–H and O–H groups in total. The number of morpholine rings is 1. The van der Waals surface area contributed by atoms with Crippen molar-refractivity contribution in [2.45, 2.75) is 6.54 Å². The molecule has 1 aliphatic heterocycles. The van der Waals surface area contributed by atoms with Crippen LogP contribution < -0.4 is 10.2 Å². The molecule has 2 heterocycles. The SMILES string of the molecule is O=Cc1cn(CC(=O)Nc2ccccc2N2CCOCC2)c2ccc(Br)cc12. The minimum Gasteiger partial charge on any atom is -0.378 e. The van der Waals surface area contributed by atoms with Gasteiger partial charge in [-0.1, -0.05) is 28.1 Å². The Balaban J connectivity index is 1.56. The minimum atomic E-state index is -0.141. The first-order valence-electron chi connectivity index (χ1n) is 9.11. The molecule has 1 fully saturated rings. The average molecular weight is 442 g/mol. The zero-order valence-corrected chi connectivity index (χ0v) is 16.8. The molecule has 3 aromatic rings. The molecule has 0 unspecified atom stereocenters. The number of carbonyl (C=O) groups excluding carboxylic acids is 2. The van der Waals surface area contributed by atoms with Crippen molar-refractivity contribution in [2.75, 3.05) is 36.5 Å². The van der Waals surface area contributed by atoms with Crippen LogP contribution in [0.4, 0.5) is 11.4 Å². The number of ether oxygens (including phenoxy) is 1. The Kier molecular flexibility index (Phi) is 5.45. The molecular weight excluding hydrogens is 422 g/mol. The first-order valence-corrected chi connectivity index (χ1v) is 9.90. The fraction of sp³-hybridized carbons (Fsp3) is 0.238. The van der Waals surface area contributed by atoms with Crippen molar-refractivity contribution in [2.24, 2.45) is 0 Å². The molecular formula is C21H20BrN3O3. The summed E-state index contributed by atoms with van der Waals surface area (Å²) in [6, 6.07) is 13.5. The summed E-state index contributed by atoms with van der Waals surface area (Å²) < 4.78 is 8.12. The van der Waals surface area contributed by atoms with Crippen molar-refractivity contribution in [1.82, 2.24) is 4.57 Å². The number of amides is 1. The summed E-state index contributed by atoms with van der Waals surface area (Å²) in [6.07, 6.45) is 2.54. The highest BCUT2D eigenvalue weighted by Crippen LogP contribution is 2.27. The Bertz CT molecular complexity index is 1020. The summed E-state index contributed by atoms with van der Waals surface area (Å²) in [5, 5.41) is 3.84. The number of hydrogen-bond donors (Lipinski definition) is 1. The highest BCUT2D eigenvalue weighted by Gasteiger charge is 2.17. The molecule has 4 rings (SSSR count). The van der Waals surface area contributed by atoms with Crippen molar-refractivity contribution in [3.05, 3.63) is 58.7 Å². The van der Waals surface area contributed by atoms with Crippen molar-refractivity contribution >= 4 is 50.4 Å². The zero-order valence-electron chi connectivity index (χ0n) is 15.2. The van der Waals surface area contributed by atoms with Crippen LogP contribution in [0.5, 0.6) is 0 Å². The Morgan fingerprint density at radius 2 is 1.96 bits per heavy atom. The van der Waals surface area contributed by atoms with Gasteiger partial charge in [-0.15, -0.1) is 0 Å². The number of fused-ring (bicyclic) bond motifs is 1. The van der Waals surface area contributed by atoms with E-state index in [2.05, 4.69) is 26.1 Å². The van der Waals surface area contributed by atoms with Crippen LogP contribution >= 0.6 is 15.9 Å². The monoisotopic (exact) mass is 441 g/mol. The van der Waals surface area contributed by atoms with Gasteiger partial charge in [-0.3, -0.25) is 9.59 Å². The van der Waals surface area contributed by atoms with Gasteiger partial charge >= 0.3 is 0 Å². The first-order chi connectivity index (χ1) is 13.7. The van der Waals surface area contributed by atoms with E-state index in [9.17, 15) is 9.59 Å². The van der Waals surface area contributed by atoms with Crippen LogP contribution in [0.15, 0.2) is 53.1 Å². The topological polar surface area (TPSA) is 63.6 Å². The zero-order chi connectivity index (χ0) is 19.5. The van der Waals surface area contributed by atoms with Crippen LogP contribution in [-0.2, 0) is 16.1 Å². The molecule has 7 heteroatoms. The van der Waals surface area contributed by atoms with Gasteiger partial charge in [0.15, 0.2) is 6.29 Å². The van der Waals surface area contributed by atoms with E-state index in [4.69, 9.17) is 4.74 Å². The van der Waals surface area contributed by atoms with E-state index in [1.165, 1.54) is 0 Å². The number of hydrogen-bond acceptors (Lipinski definition) is 4. The van der Waals surface area contributed by atoms with Crippen molar-refractivity contribution in [3.8, 4) is 0 Å². The molecule has 1 aromatic heterocycles. The number of nitrogens with one attached hydrogen (secondary N) is 1. The van der Waals surface area contributed by atoms with E-state index < -0.39 is 0 Å². The lowest BCUT2D eigenvalue weighted by molar-refractivity contribution is -0.116. The van der Waals surface area contributed by atoms with E-state index in [1.807, 2.05) is 42.5 Å². The van der Waals surface area contributed by atoms with E-state index in [0.29, 0.717) is 18.8 Å². The number of aldehydes is 1. The van der Waals surface area contributed by atoms with Crippen LogP contribution in [0.3, 0.4) is 0 Å². The molecule has 28 heavy (non-hydrogen) atoms. The van der Waals surface area contributed by atoms with Crippen LogP contribution in [0.1, 0.15) is 10.4 Å². The Morgan fingerprint density at radius 3 is 2.75 bits per heavy atom. The smallest absolute Gasteiger partial charge is 0.244 e. The van der Waals surface area contributed by atoms with Gasteiger partial charge < -0.3 is 19.5 Å². The third-order valence-corrected chi connectivity index (χ3v) is 5.34. The van der Waals surface area contributed by atoms with Gasteiger partial charge in [0.2, 0.25) is 5.91 Å². The van der Waals surface area contributed by atoms with Crippen LogP contribution in [-0.4, -0.2) is 43.1 Å². The maximum atomic E-state index is 12.8. The molecule has 0 radical (unpaired) electrons. The lowest BCUT2D eigenvalue weighted by atomic mass is 10.2. The highest BCUT2D eigenvalue weighted by molar-refractivity contribution is 9.10. The molecule has 1 amide bonds. The van der Waals surface area contributed by atoms with Crippen LogP contribution in [0.2, 0.25) is 0 Å². The second-order valence-corrected chi connectivity index (χ2v) is 7.57. The molecule has 6 nitrogen and oxygen atoms in total. The van der Waals surface area contributed by atoms with Crippen molar-refractivity contribution < 1.29 is 14.3 Å². The number of aromatic nitrogens is 1. The van der Waals surface area contributed by atoms with Gasteiger partial charge in [0.25, 0.3) is 0 Å². The lowest BCUT2D eigenvalue weighted by Gasteiger charge is -2.30. The number of para-hydroxylation sites is 2. The van der Waals surface area contributed by atoms with Gasteiger partial charge in [0.05, 0.1) is 24.6 Å². The predicted molar refractivity (Wildman–Crippen MR) is 113 cm³/mol. The number of halogens is 1. The lowest BCUT2D eigenvalue weighted by Crippen LogP contribution is -2.36. The number of anilines is 2. The number of carbonyl (C=O) groups is 2. The molecule has 0 saturated carbocycles. The first kappa shape index (κ1) is 18.7. The highest BCUT2D eigenvalue weighted by atomic mass is 79.9. The van der Waals surface area contributed by atoms with Gasteiger partial charge in [-0.05, 0) is 30.3 Å². The van der Waals surface area contributed by atoms with E-state index >= 15 is 0 Å². The quantitative estimate of drug-likeness (QED) is 0.613. The second kappa shape index (κ2) is 8.16. The van der Waals surface area contributed by atoms with Gasteiger partial charge in [-0.25, -0.2) is 0 Å². The molecule has 144 valence electrons. The third-order valence-electron chi connectivity index (χ3n) is 4.84. The standard InChI is InChI=1S/C21H20BrN3O3/c22-16-5-6-19-17(11-16)15(14-26)12-25(19)13-21(27)23-18-3-1-2-4-20(18)24-7-9-28-10-8-24/h1-6,11-12,14H,7-10,13H2,(H,23,27).